The number of guanidine groups is 1. The highest BCUT2D eigenvalue weighted by Crippen LogP contribution is 2.17. The molecule has 0 saturated carbocycles. The number of hydrogen-bond donors (Lipinski definition) is 2. The molecule has 2 aromatic heterocycles. The van der Waals surface area contributed by atoms with Crippen molar-refractivity contribution in [2.45, 2.75) is 40.2 Å². The van der Waals surface area contributed by atoms with E-state index in [1.54, 1.807) is 0 Å². The molecule has 2 N–H and O–H groups in total. The first-order valence-electron chi connectivity index (χ1n) is 8.22. The van der Waals surface area contributed by atoms with E-state index in [0.29, 0.717) is 0 Å². The molecule has 0 aliphatic carbocycles. The number of nitrogens with zero attached hydrogens (tertiary/aromatic N) is 2. The standard InChI is InChI=1S/C18H26N4S/c1-4-16-6-7-17(23-16)13-22-18(20-5-2)21-11-9-15-8-10-19-12-14(15)3/h6-8,10,12H,4-5,9,11,13H2,1-3H3,(H2,20,21,22). The van der Waals surface area contributed by atoms with E-state index in [1.165, 1.54) is 20.9 Å². The van der Waals surface area contributed by atoms with E-state index < -0.39 is 0 Å². The number of hydrogen-bond acceptors (Lipinski definition) is 3. The Bertz CT molecular complexity index is 633. The molecule has 0 amide bonds. The predicted octanol–water partition coefficient (Wildman–Crippen LogP) is 3.31. The van der Waals surface area contributed by atoms with Gasteiger partial charge in [-0.25, -0.2) is 4.99 Å². The first-order valence-corrected chi connectivity index (χ1v) is 9.03. The van der Waals surface area contributed by atoms with Gasteiger partial charge < -0.3 is 10.6 Å². The van der Waals surface area contributed by atoms with Crippen molar-refractivity contribution in [1.29, 1.82) is 0 Å². The van der Waals surface area contributed by atoms with E-state index in [0.717, 1.165) is 38.4 Å². The molecule has 5 heteroatoms. The molecule has 0 radical (unpaired) electrons. The lowest BCUT2D eigenvalue weighted by molar-refractivity contribution is 0.797. The van der Waals surface area contributed by atoms with Crippen LogP contribution in [-0.4, -0.2) is 24.0 Å². The fourth-order valence-corrected chi connectivity index (χ4v) is 3.18. The second-order valence-corrected chi connectivity index (χ2v) is 6.65. The zero-order valence-electron chi connectivity index (χ0n) is 14.2. The summed E-state index contributed by atoms with van der Waals surface area (Å²) in [7, 11) is 0. The second kappa shape index (κ2) is 9.30. The first-order chi connectivity index (χ1) is 11.2. The average molecular weight is 331 g/mol. The molecule has 0 atom stereocenters. The van der Waals surface area contributed by atoms with E-state index >= 15 is 0 Å². The van der Waals surface area contributed by atoms with Crippen LogP contribution in [-0.2, 0) is 19.4 Å². The van der Waals surface area contributed by atoms with E-state index in [9.17, 15) is 0 Å². The maximum atomic E-state index is 4.68. The zero-order chi connectivity index (χ0) is 16.5. The minimum absolute atomic E-state index is 0.730. The number of rotatable bonds is 7. The fraction of sp³-hybridized carbons (Fsp3) is 0.444. The van der Waals surface area contributed by atoms with Gasteiger partial charge in [0.05, 0.1) is 6.54 Å². The zero-order valence-corrected chi connectivity index (χ0v) is 15.0. The quantitative estimate of drug-likeness (QED) is 0.605. The molecule has 0 spiro atoms. The summed E-state index contributed by atoms with van der Waals surface area (Å²) in [5, 5.41) is 6.72. The number of aromatic nitrogens is 1. The Morgan fingerprint density at radius 3 is 2.70 bits per heavy atom. The molecular formula is C18H26N4S. The topological polar surface area (TPSA) is 49.3 Å². The van der Waals surface area contributed by atoms with Crippen LogP contribution in [0.1, 0.15) is 34.7 Å². The Kier molecular flexibility index (Phi) is 7.07. The lowest BCUT2D eigenvalue weighted by atomic mass is 10.1. The van der Waals surface area contributed by atoms with E-state index in [-0.39, 0.29) is 0 Å². The molecule has 0 unspecified atom stereocenters. The van der Waals surface area contributed by atoms with Gasteiger partial charge in [-0.3, -0.25) is 4.98 Å². The number of aryl methyl sites for hydroxylation is 2. The molecule has 23 heavy (non-hydrogen) atoms. The van der Waals surface area contributed by atoms with Crippen LogP contribution in [0.2, 0.25) is 0 Å². The predicted molar refractivity (Wildman–Crippen MR) is 99.2 cm³/mol. The van der Waals surface area contributed by atoms with Crippen molar-refractivity contribution in [3.8, 4) is 0 Å². The van der Waals surface area contributed by atoms with Gasteiger partial charge in [0, 0.05) is 35.2 Å². The molecular weight excluding hydrogens is 304 g/mol. The lowest BCUT2D eigenvalue weighted by Crippen LogP contribution is -2.38. The van der Waals surface area contributed by atoms with Gasteiger partial charge in [-0.05, 0) is 56.0 Å². The second-order valence-electron chi connectivity index (χ2n) is 5.40. The van der Waals surface area contributed by atoms with Crippen molar-refractivity contribution in [3.63, 3.8) is 0 Å². The minimum Gasteiger partial charge on any atom is -0.357 e. The normalized spacial score (nSPS) is 11.5. The molecule has 0 bridgehead atoms. The Hall–Kier alpha value is -1.88. The van der Waals surface area contributed by atoms with Crippen LogP contribution in [0.3, 0.4) is 0 Å². The van der Waals surface area contributed by atoms with Crippen LogP contribution in [0.15, 0.2) is 35.6 Å². The van der Waals surface area contributed by atoms with Crippen LogP contribution in [0.5, 0.6) is 0 Å². The number of pyridine rings is 1. The fourth-order valence-electron chi connectivity index (χ4n) is 2.29. The average Bonchev–Trinajstić information content (AvgIpc) is 3.02. The SMILES string of the molecule is CCNC(=NCc1ccc(CC)s1)NCCc1ccncc1C. The molecule has 2 rings (SSSR count). The first kappa shape index (κ1) is 17.5. The van der Waals surface area contributed by atoms with Gasteiger partial charge in [0.25, 0.3) is 0 Å². The highest BCUT2D eigenvalue weighted by Gasteiger charge is 2.02. The highest BCUT2D eigenvalue weighted by atomic mass is 32.1. The van der Waals surface area contributed by atoms with Gasteiger partial charge >= 0.3 is 0 Å². The van der Waals surface area contributed by atoms with Gasteiger partial charge in [0.1, 0.15) is 0 Å². The molecule has 0 aliphatic heterocycles. The van der Waals surface area contributed by atoms with Crippen molar-refractivity contribution >= 4 is 17.3 Å². The largest absolute Gasteiger partial charge is 0.357 e. The van der Waals surface area contributed by atoms with Crippen molar-refractivity contribution in [3.05, 3.63) is 51.5 Å². The Morgan fingerprint density at radius 1 is 1.17 bits per heavy atom. The summed E-state index contributed by atoms with van der Waals surface area (Å²) in [5.74, 6) is 0.880. The molecule has 0 aliphatic rings. The summed E-state index contributed by atoms with van der Waals surface area (Å²) in [6.07, 6.45) is 5.83. The van der Waals surface area contributed by atoms with Gasteiger partial charge in [-0.15, -0.1) is 11.3 Å². The maximum Gasteiger partial charge on any atom is 0.191 e. The Morgan fingerprint density at radius 2 is 2.00 bits per heavy atom. The van der Waals surface area contributed by atoms with Gasteiger partial charge in [-0.2, -0.15) is 0 Å². The van der Waals surface area contributed by atoms with Crippen LogP contribution in [0.4, 0.5) is 0 Å². The van der Waals surface area contributed by atoms with Crippen LogP contribution in [0, 0.1) is 6.92 Å². The molecule has 2 heterocycles. The molecule has 124 valence electrons. The minimum atomic E-state index is 0.730. The van der Waals surface area contributed by atoms with Gasteiger partial charge in [0.2, 0.25) is 0 Å². The molecule has 0 saturated heterocycles. The Labute approximate surface area is 143 Å². The van der Waals surface area contributed by atoms with Crippen molar-refractivity contribution in [1.82, 2.24) is 15.6 Å². The summed E-state index contributed by atoms with van der Waals surface area (Å²) in [6, 6.07) is 6.46. The molecule has 0 fully saturated rings. The third-order valence-electron chi connectivity index (χ3n) is 3.63. The summed E-state index contributed by atoms with van der Waals surface area (Å²) >= 11 is 1.85. The molecule has 4 nitrogen and oxygen atoms in total. The highest BCUT2D eigenvalue weighted by molar-refractivity contribution is 7.11. The van der Waals surface area contributed by atoms with Gasteiger partial charge in [-0.1, -0.05) is 6.92 Å². The van der Waals surface area contributed by atoms with Crippen LogP contribution >= 0.6 is 11.3 Å². The molecule has 0 aromatic carbocycles. The Balaban J connectivity index is 1.87. The van der Waals surface area contributed by atoms with Gasteiger partial charge in [0.15, 0.2) is 5.96 Å². The van der Waals surface area contributed by atoms with Crippen molar-refractivity contribution in [2.24, 2.45) is 4.99 Å². The summed E-state index contributed by atoms with van der Waals surface area (Å²) in [5.41, 5.74) is 2.57. The van der Waals surface area contributed by atoms with E-state index in [2.05, 4.69) is 59.6 Å². The van der Waals surface area contributed by atoms with Crippen molar-refractivity contribution in [2.75, 3.05) is 13.1 Å². The number of nitrogens with one attached hydrogen (secondary N) is 2. The van der Waals surface area contributed by atoms with Crippen molar-refractivity contribution < 1.29 is 0 Å². The van der Waals surface area contributed by atoms with Crippen LogP contribution < -0.4 is 10.6 Å². The van der Waals surface area contributed by atoms with Crippen LogP contribution in [0.25, 0.3) is 0 Å². The molecule has 2 aromatic rings. The number of aliphatic imine (C=N–C) groups is 1. The lowest BCUT2D eigenvalue weighted by Gasteiger charge is -2.11. The third-order valence-corrected chi connectivity index (χ3v) is 4.84. The summed E-state index contributed by atoms with van der Waals surface area (Å²) in [4.78, 5) is 11.5. The van der Waals surface area contributed by atoms with E-state index in [1.807, 2.05) is 23.7 Å². The smallest absolute Gasteiger partial charge is 0.191 e. The maximum absolute atomic E-state index is 4.68. The third kappa shape index (κ3) is 5.67. The number of thiophene rings is 1. The summed E-state index contributed by atoms with van der Waals surface area (Å²) < 4.78 is 0. The van der Waals surface area contributed by atoms with E-state index in [4.69, 9.17) is 0 Å². The summed E-state index contributed by atoms with van der Waals surface area (Å²) in [6.45, 7) is 8.83. The monoisotopic (exact) mass is 330 g/mol.